The number of aromatic nitrogens is 1. The SMILES string of the molecule is Cc1nc(CC(N)CCC2CCCCO2)cs1. The lowest BCUT2D eigenvalue weighted by Crippen LogP contribution is -2.27. The molecule has 2 N–H and O–H groups in total. The highest BCUT2D eigenvalue weighted by Crippen LogP contribution is 2.18. The number of thiazole rings is 1. The molecule has 4 heteroatoms. The summed E-state index contributed by atoms with van der Waals surface area (Å²) >= 11 is 1.70. The molecular weight excluding hydrogens is 232 g/mol. The number of hydrogen-bond acceptors (Lipinski definition) is 4. The van der Waals surface area contributed by atoms with E-state index in [1.165, 1.54) is 19.3 Å². The molecule has 96 valence electrons. The summed E-state index contributed by atoms with van der Waals surface area (Å²) in [5.74, 6) is 0. The van der Waals surface area contributed by atoms with Crippen LogP contribution in [0.15, 0.2) is 5.38 Å². The maximum Gasteiger partial charge on any atom is 0.0897 e. The van der Waals surface area contributed by atoms with Crippen LogP contribution in [0.1, 0.15) is 42.8 Å². The van der Waals surface area contributed by atoms with Crippen LogP contribution in [-0.2, 0) is 11.2 Å². The Bertz CT molecular complexity index is 334. The molecule has 0 amide bonds. The second kappa shape index (κ2) is 6.47. The van der Waals surface area contributed by atoms with Crippen LogP contribution < -0.4 is 5.73 Å². The van der Waals surface area contributed by atoms with E-state index in [1.54, 1.807) is 11.3 Å². The Balaban J connectivity index is 1.68. The van der Waals surface area contributed by atoms with E-state index in [0.29, 0.717) is 6.10 Å². The fourth-order valence-electron chi connectivity index (χ4n) is 2.31. The normalized spacial score (nSPS) is 22.6. The van der Waals surface area contributed by atoms with Crippen LogP contribution in [0.25, 0.3) is 0 Å². The summed E-state index contributed by atoms with van der Waals surface area (Å²) in [6.45, 7) is 2.97. The summed E-state index contributed by atoms with van der Waals surface area (Å²) in [7, 11) is 0. The predicted molar refractivity (Wildman–Crippen MR) is 71.4 cm³/mol. The van der Waals surface area contributed by atoms with E-state index in [-0.39, 0.29) is 6.04 Å². The Morgan fingerprint density at radius 3 is 3.12 bits per heavy atom. The van der Waals surface area contributed by atoms with E-state index in [2.05, 4.69) is 10.4 Å². The highest BCUT2D eigenvalue weighted by Gasteiger charge is 2.15. The average molecular weight is 254 g/mol. The third kappa shape index (κ3) is 4.37. The van der Waals surface area contributed by atoms with E-state index in [0.717, 1.165) is 36.6 Å². The molecule has 1 aliphatic rings. The minimum absolute atomic E-state index is 0.224. The molecule has 3 nitrogen and oxygen atoms in total. The molecule has 0 spiro atoms. The molecule has 0 aromatic carbocycles. The predicted octanol–water partition coefficient (Wildman–Crippen LogP) is 2.67. The Kier molecular flexibility index (Phi) is 4.95. The molecule has 17 heavy (non-hydrogen) atoms. The quantitative estimate of drug-likeness (QED) is 0.879. The van der Waals surface area contributed by atoms with Crippen molar-refractivity contribution in [2.75, 3.05) is 6.61 Å². The van der Waals surface area contributed by atoms with Crippen molar-refractivity contribution in [1.82, 2.24) is 4.98 Å². The smallest absolute Gasteiger partial charge is 0.0897 e. The van der Waals surface area contributed by atoms with Crippen molar-refractivity contribution < 1.29 is 4.74 Å². The second-order valence-corrected chi connectivity index (χ2v) is 5.95. The van der Waals surface area contributed by atoms with Crippen molar-refractivity contribution in [3.8, 4) is 0 Å². The van der Waals surface area contributed by atoms with E-state index in [9.17, 15) is 0 Å². The zero-order chi connectivity index (χ0) is 12.1. The Labute approximate surface area is 107 Å². The molecule has 1 aromatic rings. The molecule has 2 atom stereocenters. The number of hydrogen-bond donors (Lipinski definition) is 1. The van der Waals surface area contributed by atoms with Crippen LogP contribution in [0.4, 0.5) is 0 Å². The van der Waals surface area contributed by atoms with Gasteiger partial charge in [-0.25, -0.2) is 4.98 Å². The van der Waals surface area contributed by atoms with E-state index >= 15 is 0 Å². The molecule has 0 saturated carbocycles. The van der Waals surface area contributed by atoms with Crippen LogP contribution in [0.5, 0.6) is 0 Å². The van der Waals surface area contributed by atoms with Crippen molar-refractivity contribution in [2.24, 2.45) is 5.73 Å². The maximum atomic E-state index is 6.14. The lowest BCUT2D eigenvalue weighted by Gasteiger charge is -2.23. The molecule has 2 rings (SSSR count). The fourth-order valence-corrected chi connectivity index (χ4v) is 2.93. The van der Waals surface area contributed by atoms with Gasteiger partial charge in [0.2, 0.25) is 0 Å². The average Bonchev–Trinajstić information content (AvgIpc) is 2.73. The second-order valence-electron chi connectivity index (χ2n) is 4.89. The molecule has 1 fully saturated rings. The lowest BCUT2D eigenvalue weighted by molar-refractivity contribution is 0.00914. The van der Waals surface area contributed by atoms with Crippen LogP contribution in [0.3, 0.4) is 0 Å². The zero-order valence-electron chi connectivity index (χ0n) is 10.5. The minimum atomic E-state index is 0.224. The van der Waals surface area contributed by atoms with Gasteiger partial charge < -0.3 is 10.5 Å². The fraction of sp³-hybridized carbons (Fsp3) is 0.769. The topological polar surface area (TPSA) is 48.1 Å². The first kappa shape index (κ1) is 13.0. The monoisotopic (exact) mass is 254 g/mol. The molecule has 0 radical (unpaired) electrons. The van der Waals surface area contributed by atoms with Gasteiger partial charge in [0.05, 0.1) is 16.8 Å². The maximum absolute atomic E-state index is 6.14. The number of nitrogens with two attached hydrogens (primary N) is 1. The number of rotatable bonds is 5. The highest BCUT2D eigenvalue weighted by atomic mass is 32.1. The Morgan fingerprint density at radius 2 is 2.47 bits per heavy atom. The van der Waals surface area contributed by atoms with Gasteiger partial charge >= 0.3 is 0 Å². The molecule has 1 aromatic heterocycles. The van der Waals surface area contributed by atoms with Gasteiger partial charge in [0.1, 0.15) is 0 Å². The van der Waals surface area contributed by atoms with Gasteiger partial charge in [-0.15, -0.1) is 11.3 Å². The van der Waals surface area contributed by atoms with Crippen molar-refractivity contribution in [3.05, 3.63) is 16.1 Å². The lowest BCUT2D eigenvalue weighted by atomic mass is 10.00. The van der Waals surface area contributed by atoms with Gasteiger partial charge in [-0.1, -0.05) is 0 Å². The van der Waals surface area contributed by atoms with E-state index in [1.807, 2.05) is 6.92 Å². The van der Waals surface area contributed by atoms with Crippen LogP contribution in [0, 0.1) is 6.92 Å². The minimum Gasteiger partial charge on any atom is -0.378 e. The first-order chi connectivity index (χ1) is 8.24. The third-order valence-electron chi connectivity index (χ3n) is 3.27. The largest absolute Gasteiger partial charge is 0.378 e. The van der Waals surface area contributed by atoms with Gasteiger partial charge in [-0.05, 0) is 39.0 Å². The molecule has 0 bridgehead atoms. The molecule has 2 heterocycles. The van der Waals surface area contributed by atoms with Gasteiger partial charge in [0.25, 0.3) is 0 Å². The first-order valence-corrected chi connectivity index (χ1v) is 7.40. The van der Waals surface area contributed by atoms with Crippen molar-refractivity contribution in [2.45, 2.75) is 57.6 Å². The third-order valence-corrected chi connectivity index (χ3v) is 4.09. The van der Waals surface area contributed by atoms with Gasteiger partial charge in [-0.3, -0.25) is 0 Å². The summed E-state index contributed by atoms with van der Waals surface area (Å²) in [4.78, 5) is 4.45. The Hall–Kier alpha value is -0.450. The molecule has 2 unspecified atom stereocenters. The van der Waals surface area contributed by atoms with E-state index in [4.69, 9.17) is 10.5 Å². The summed E-state index contributed by atoms with van der Waals surface area (Å²) in [6, 6.07) is 0.224. The standard InChI is InChI=1S/C13H22N2OS/c1-10-15-12(9-17-10)8-11(14)5-6-13-4-2-3-7-16-13/h9,11,13H,2-8,14H2,1H3. The van der Waals surface area contributed by atoms with Crippen LogP contribution in [0.2, 0.25) is 0 Å². The Morgan fingerprint density at radius 1 is 1.59 bits per heavy atom. The number of aryl methyl sites for hydroxylation is 1. The summed E-state index contributed by atoms with van der Waals surface area (Å²) in [6.07, 6.45) is 7.24. The zero-order valence-corrected chi connectivity index (χ0v) is 11.3. The summed E-state index contributed by atoms with van der Waals surface area (Å²) in [5.41, 5.74) is 7.28. The van der Waals surface area contributed by atoms with Crippen molar-refractivity contribution >= 4 is 11.3 Å². The van der Waals surface area contributed by atoms with Crippen molar-refractivity contribution in [1.29, 1.82) is 0 Å². The van der Waals surface area contributed by atoms with Crippen LogP contribution in [-0.4, -0.2) is 23.7 Å². The van der Waals surface area contributed by atoms with Gasteiger partial charge in [0, 0.05) is 24.4 Å². The number of ether oxygens (including phenoxy) is 1. The molecule has 1 aliphatic heterocycles. The molecule has 0 aliphatic carbocycles. The van der Waals surface area contributed by atoms with Crippen molar-refractivity contribution in [3.63, 3.8) is 0 Å². The van der Waals surface area contributed by atoms with Gasteiger partial charge in [-0.2, -0.15) is 0 Å². The molecule has 1 saturated heterocycles. The number of nitrogens with zero attached hydrogens (tertiary/aromatic N) is 1. The van der Waals surface area contributed by atoms with Crippen LogP contribution >= 0.6 is 11.3 Å². The highest BCUT2D eigenvalue weighted by molar-refractivity contribution is 7.09. The summed E-state index contributed by atoms with van der Waals surface area (Å²) in [5, 5.41) is 3.24. The summed E-state index contributed by atoms with van der Waals surface area (Å²) < 4.78 is 5.71. The van der Waals surface area contributed by atoms with Gasteiger partial charge in [0.15, 0.2) is 0 Å². The molecular formula is C13H22N2OS. The first-order valence-electron chi connectivity index (χ1n) is 6.52. The van der Waals surface area contributed by atoms with E-state index < -0.39 is 0 Å².